The first kappa shape index (κ1) is 28.9. The van der Waals surface area contributed by atoms with E-state index in [9.17, 15) is 0 Å². The van der Waals surface area contributed by atoms with E-state index in [0.29, 0.717) is 11.4 Å². The Bertz CT molecular complexity index is 2600. The van der Waals surface area contributed by atoms with Crippen molar-refractivity contribution in [2.45, 2.75) is 0 Å². The summed E-state index contributed by atoms with van der Waals surface area (Å²) in [4.78, 5) is 2.34. The molecular formula is C44H30N4S. The molecular weight excluding hydrogens is 617 g/mol. The van der Waals surface area contributed by atoms with E-state index in [0.717, 1.165) is 55.8 Å². The van der Waals surface area contributed by atoms with Crippen LogP contribution in [0.5, 0.6) is 0 Å². The van der Waals surface area contributed by atoms with Gasteiger partial charge in [0.1, 0.15) is 5.71 Å². The van der Waals surface area contributed by atoms with Gasteiger partial charge in [0.2, 0.25) is 0 Å². The van der Waals surface area contributed by atoms with Crippen molar-refractivity contribution in [3.63, 3.8) is 0 Å². The summed E-state index contributed by atoms with van der Waals surface area (Å²) < 4.78 is 2.58. The smallest absolute Gasteiger partial charge is 0.117 e. The van der Waals surface area contributed by atoms with Gasteiger partial charge in [-0.15, -0.1) is 11.3 Å². The fourth-order valence-corrected chi connectivity index (χ4v) is 7.91. The van der Waals surface area contributed by atoms with Crippen molar-refractivity contribution in [2.75, 3.05) is 10.3 Å². The van der Waals surface area contributed by atoms with Crippen molar-refractivity contribution >= 4 is 82.5 Å². The zero-order valence-corrected chi connectivity index (χ0v) is 27.3. The molecule has 49 heavy (non-hydrogen) atoms. The lowest BCUT2D eigenvalue weighted by Gasteiger charge is -2.26. The van der Waals surface area contributed by atoms with Crippen LogP contribution in [0.25, 0.3) is 48.1 Å². The summed E-state index contributed by atoms with van der Waals surface area (Å²) in [6, 6.07) is 55.5. The van der Waals surface area contributed by atoms with Gasteiger partial charge in [-0.2, -0.15) is 5.10 Å². The molecule has 4 nitrogen and oxygen atoms in total. The second-order valence-electron chi connectivity index (χ2n) is 12.2. The Morgan fingerprint density at radius 1 is 0.531 bits per heavy atom. The summed E-state index contributed by atoms with van der Waals surface area (Å²) in [5.74, 6) is 0. The normalized spacial score (nSPS) is 13.3. The van der Waals surface area contributed by atoms with Crippen molar-refractivity contribution in [1.82, 2.24) is 0 Å². The predicted molar refractivity (Wildman–Crippen MR) is 210 cm³/mol. The third kappa shape index (κ3) is 5.27. The summed E-state index contributed by atoms with van der Waals surface area (Å²) >= 11 is 1.84. The van der Waals surface area contributed by atoms with Crippen molar-refractivity contribution < 1.29 is 0 Å². The van der Waals surface area contributed by atoms with E-state index in [4.69, 9.17) is 10.5 Å². The summed E-state index contributed by atoms with van der Waals surface area (Å²) in [5, 5.41) is 18.2. The fourth-order valence-electron chi connectivity index (χ4n) is 6.77. The number of hydrogen-bond acceptors (Lipinski definition) is 5. The summed E-state index contributed by atoms with van der Waals surface area (Å²) in [7, 11) is 0. The Hall–Kier alpha value is -6.30. The lowest BCUT2D eigenvalue weighted by molar-refractivity contribution is 1.29. The van der Waals surface area contributed by atoms with E-state index in [1.807, 2.05) is 53.8 Å². The maximum Gasteiger partial charge on any atom is 0.117 e. The van der Waals surface area contributed by atoms with E-state index in [1.165, 1.54) is 20.2 Å². The average molecular weight is 647 g/mol. The molecule has 5 heteroatoms. The van der Waals surface area contributed by atoms with Crippen molar-refractivity contribution in [3.05, 3.63) is 175 Å². The van der Waals surface area contributed by atoms with Gasteiger partial charge in [-0.05, 0) is 94.2 Å². The zero-order chi connectivity index (χ0) is 32.7. The van der Waals surface area contributed by atoms with Crippen LogP contribution < -0.4 is 10.3 Å². The number of fused-ring (bicyclic) bond motifs is 6. The van der Waals surface area contributed by atoms with Crippen LogP contribution in [0.4, 0.5) is 22.7 Å². The molecule has 0 aliphatic heterocycles. The van der Waals surface area contributed by atoms with Gasteiger partial charge in [-0.3, -0.25) is 10.8 Å². The molecule has 0 bridgehead atoms. The zero-order valence-electron chi connectivity index (χ0n) is 26.5. The third-order valence-corrected chi connectivity index (χ3v) is 10.3. The van der Waals surface area contributed by atoms with Crippen LogP contribution in [-0.4, -0.2) is 11.4 Å². The summed E-state index contributed by atoms with van der Waals surface area (Å²) in [5.41, 5.74) is 12.7. The molecule has 8 aromatic rings. The molecule has 0 saturated heterocycles. The number of hydrogen-bond donors (Lipinski definition) is 2. The molecule has 1 aromatic heterocycles. The van der Waals surface area contributed by atoms with Crippen LogP contribution >= 0.6 is 11.3 Å². The first-order chi connectivity index (χ1) is 24.2. The van der Waals surface area contributed by atoms with Gasteiger partial charge in [0, 0.05) is 42.8 Å². The second-order valence-corrected chi connectivity index (χ2v) is 13.2. The van der Waals surface area contributed by atoms with Crippen molar-refractivity contribution in [2.24, 2.45) is 5.10 Å². The predicted octanol–water partition coefficient (Wildman–Crippen LogP) is 12.2. The molecule has 2 N–H and O–H groups in total. The monoisotopic (exact) mass is 646 g/mol. The van der Waals surface area contributed by atoms with Crippen LogP contribution in [0.2, 0.25) is 0 Å². The van der Waals surface area contributed by atoms with Gasteiger partial charge < -0.3 is 4.90 Å². The highest BCUT2D eigenvalue weighted by molar-refractivity contribution is 7.25. The molecule has 9 rings (SSSR count). The number of para-hydroxylation sites is 2. The maximum atomic E-state index is 8.71. The number of nitrogens with zero attached hydrogens (tertiary/aromatic N) is 2. The maximum absolute atomic E-state index is 8.71. The molecule has 0 unspecified atom stereocenters. The lowest BCUT2D eigenvalue weighted by Crippen LogP contribution is -2.19. The van der Waals surface area contributed by atoms with Gasteiger partial charge in [0.15, 0.2) is 0 Å². The van der Waals surface area contributed by atoms with Gasteiger partial charge in [-0.1, -0.05) is 103 Å². The molecule has 0 fully saturated rings. The largest absolute Gasteiger partial charge is 0.310 e. The molecule has 1 aliphatic rings. The molecule has 1 aliphatic carbocycles. The molecule has 1 heterocycles. The number of hydrazone groups is 1. The standard InChI is InChI=1S/C44H30N4S/c45-40-25-21-29-18-19-32-26-31(20-23-37(32)43(29)44(40)47-46-33-11-3-1-4-12-33)30-10-9-15-35(27-30)48(34-13-5-2-6-14-34)36-22-24-39-38-16-7-8-17-41(38)49-42(39)28-36/h1-28,45-46H/b45-40?,47-44+. The van der Waals surface area contributed by atoms with E-state index in [-0.39, 0.29) is 0 Å². The first-order valence-corrected chi connectivity index (χ1v) is 17.1. The van der Waals surface area contributed by atoms with Gasteiger partial charge in [-0.25, -0.2) is 0 Å². The van der Waals surface area contributed by atoms with E-state index in [2.05, 4.69) is 138 Å². The Morgan fingerprint density at radius 2 is 1.24 bits per heavy atom. The summed E-state index contributed by atoms with van der Waals surface area (Å²) in [6.07, 6.45) is 3.82. The second kappa shape index (κ2) is 12.1. The Labute approximate surface area is 288 Å². The number of benzene rings is 7. The van der Waals surface area contributed by atoms with Crippen molar-refractivity contribution in [3.8, 4) is 11.1 Å². The van der Waals surface area contributed by atoms with Crippen molar-refractivity contribution in [1.29, 1.82) is 5.41 Å². The summed E-state index contributed by atoms with van der Waals surface area (Å²) in [6.45, 7) is 0. The molecule has 0 atom stereocenters. The molecule has 7 aromatic carbocycles. The van der Waals surface area contributed by atoms with Gasteiger partial charge in [0.05, 0.1) is 11.4 Å². The van der Waals surface area contributed by atoms with E-state index in [1.54, 1.807) is 0 Å². The highest BCUT2D eigenvalue weighted by Crippen LogP contribution is 2.41. The number of rotatable bonds is 6. The van der Waals surface area contributed by atoms with Crippen LogP contribution in [0.1, 0.15) is 11.1 Å². The Balaban J connectivity index is 1.12. The number of nitrogens with one attached hydrogen (secondary N) is 2. The van der Waals surface area contributed by atoms with E-state index < -0.39 is 0 Å². The Morgan fingerprint density at radius 3 is 2.12 bits per heavy atom. The van der Waals surface area contributed by atoms with Gasteiger partial charge in [0.25, 0.3) is 0 Å². The van der Waals surface area contributed by atoms with Crippen LogP contribution in [-0.2, 0) is 0 Å². The van der Waals surface area contributed by atoms with Crippen LogP contribution in [0.3, 0.4) is 0 Å². The number of thiophene rings is 1. The quantitative estimate of drug-likeness (QED) is 0.177. The van der Waals surface area contributed by atoms with E-state index >= 15 is 0 Å². The van der Waals surface area contributed by atoms with Crippen LogP contribution in [0.15, 0.2) is 169 Å². The number of anilines is 4. The molecule has 0 saturated carbocycles. The highest BCUT2D eigenvalue weighted by atomic mass is 32.1. The topological polar surface area (TPSA) is 51.5 Å². The fraction of sp³-hybridized carbons (Fsp3) is 0. The number of allylic oxidation sites excluding steroid dienone is 1. The highest BCUT2D eigenvalue weighted by Gasteiger charge is 2.20. The lowest BCUT2D eigenvalue weighted by atomic mass is 9.88. The molecule has 0 spiro atoms. The minimum Gasteiger partial charge on any atom is -0.310 e. The Kier molecular flexibility index (Phi) is 7.11. The molecule has 0 amide bonds. The third-order valence-electron chi connectivity index (χ3n) is 9.12. The molecule has 0 radical (unpaired) electrons. The minimum absolute atomic E-state index is 0.384. The minimum atomic E-state index is 0.384. The average Bonchev–Trinajstić information content (AvgIpc) is 3.53. The van der Waals surface area contributed by atoms with Crippen LogP contribution in [0, 0.1) is 5.41 Å². The van der Waals surface area contributed by atoms with Gasteiger partial charge >= 0.3 is 0 Å². The first-order valence-electron chi connectivity index (χ1n) is 16.3. The SMILES string of the molecule is N=C1C=Cc2ccc3cc(-c4cccc(N(c5ccccc5)c5ccc6c(c5)sc5ccccc56)c4)ccc3c2/C1=N/Nc1ccccc1. The molecule has 232 valence electrons.